The summed E-state index contributed by atoms with van der Waals surface area (Å²) in [6.07, 6.45) is 1.32. The zero-order chi connectivity index (χ0) is 31.7. The first kappa shape index (κ1) is 30.5. The number of halogens is 3. The van der Waals surface area contributed by atoms with Gasteiger partial charge in [0.05, 0.1) is 28.6 Å². The van der Waals surface area contributed by atoms with Crippen molar-refractivity contribution in [2.75, 3.05) is 6.61 Å². The minimum atomic E-state index is -0.555. The summed E-state index contributed by atoms with van der Waals surface area (Å²) in [7, 11) is 0. The van der Waals surface area contributed by atoms with Crippen LogP contribution < -0.4 is 15.0 Å². The molecule has 6 aromatic rings. The number of furan rings is 1. The molecular formula is C32H21Br2ClN4O6. The molecule has 0 aliphatic heterocycles. The number of aromatic nitrogens is 2. The number of hydrogen-bond donors (Lipinski definition) is 0. The molecule has 226 valence electrons. The largest absolute Gasteiger partial charge is 0.490 e. The van der Waals surface area contributed by atoms with E-state index in [-0.39, 0.29) is 42.0 Å². The molecule has 0 aliphatic carbocycles. The number of nitrogens with zero attached hydrogens (tertiary/aromatic N) is 4. The van der Waals surface area contributed by atoms with E-state index in [0.717, 1.165) is 24.6 Å². The summed E-state index contributed by atoms with van der Waals surface area (Å²) in [5.41, 5.74) is 1.30. The molecule has 0 atom stereocenters. The van der Waals surface area contributed by atoms with Gasteiger partial charge >= 0.3 is 5.69 Å². The highest BCUT2D eigenvalue weighted by Gasteiger charge is 2.23. The van der Waals surface area contributed by atoms with E-state index in [1.807, 2.05) is 18.2 Å². The molecule has 10 nitrogen and oxygen atoms in total. The van der Waals surface area contributed by atoms with Gasteiger partial charge in [-0.15, -0.1) is 0 Å². The smallest absolute Gasteiger partial charge is 0.315 e. The molecule has 0 aliphatic rings. The zero-order valence-electron chi connectivity index (χ0n) is 23.4. The molecule has 0 fully saturated rings. The number of nitro benzene ring substituents is 1. The summed E-state index contributed by atoms with van der Waals surface area (Å²) in [6.45, 7) is 2.03. The number of benzene rings is 4. The first-order chi connectivity index (χ1) is 21.7. The van der Waals surface area contributed by atoms with E-state index in [4.69, 9.17) is 25.5 Å². The van der Waals surface area contributed by atoms with Crippen LogP contribution in [-0.4, -0.2) is 27.4 Å². The van der Waals surface area contributed by atoms with Gasteiger partial charge < -0.3 is 13.9 Å². The van der Waals surface area contributed by atoms with Gasteiger partial charge in [0.15, 0.2) is 11.5 Å². The van der Waals surface area contributed by atoms with Crippen molar-refractivity contribution in [2.24, 2.45) is 5.10 Å². The highest BCUT2D eigenvalue weighted by molar-refractivity contribution is 9.11. The molecule has 0 unspecified atom stereocenters. The lowest BCUT2D eigenvalue weighted by atomic mass is 10.1. The molecule has 13 heteroatoms. The molecule has 2 heterocycles. The summed E-state index contributed by atoms with van der Waals surface area (Å²) >= 11 is 13.1. The van der Waals surface area contributed by atoms with Crippen molar-refractivity contribution >= 4 is 77.2 Å². The zero-order valence-corrected chi connectivity index (χ0v) is 27.3. The average molecular weight is 753 g/mol. The Morgan fingerprint density at radius 1 is 1.07 bits per heavy atom. The lowest BCUT2D eigenvalue weighted by molar-refractivity contribution is -0.386. The van der Waals surface area contributed by atoms with Gasteiger partial charge in [-0.05, 0) is 61.5 Å². The SMILES string of the molecule is CCOc1cc(C=Nn2c(-c3cc4cc(Cl)ccc4o3)nc3ccccc3c2=O)cc([N+](=O)[O-])c1OCc1ccc(Br)cc1Br. The fourth-order valence-corrected chi connectivity index (χ4v) is 6.00. The van der Waals surface area contributed by atoms with Crippen molar-refractivity contribution in [3.63, 3.8) is 0 Å². The van der Waals surface area contributed by atoms with E-state index < -0.39 is 10.5 Å². The van der Waals surface area contributed by atoms with E-state index >= 15 is 0 Å². The highest BCUT2D eigenvalue weighted by atomic mass is 79.9. The van der Waals surface area contributed by atoms with Gasteiger partial charge in [0.25, 0.3) is 5.56 Å². The second kappa shape index (κ2) is 12.8. The van der Waals surface area contributed by atoms with Crippen molar-refractivity contribution in [2.45, 2.75) is 13.5 Å². The Morgan fingerprint density at radius 2 is 1.89 bits per heavy atom. The van der Waals surface area contributed by atoms with Gasteiger partial charge in [0, 0.05) is 36.5 Å². The molecule has 6 rings (SSSR count). The number of rotatable bonds is 9. The number of fused-ring (bicyclic) bond motifs is 2. The Labute approximate surface area is 277 Å². The first-order valence-corrected chi connectivity index (χ1v) is 15.5. The fraction of sp³-hybridized carbons (Fsp3) is 0.0938. The maximum Gasteiger partial charge on any atom is 0.315 e. The normalized spacial score (nSPS) is 11.5. The van der Waals surface area contributed by atoms with Crippen molar-refractivity contribution in [1.29, 1.82) is 0 Å². The summed E-state index contributed by atoms with van der Waals surface area (Å²) < 4.78 is 20.5. The van der Waals surface area contributed by atoms with Gasteiger partial charge in [0.2, 0.25) is 11.6 Å². The Hall–Kier alpha value is -4.52. The minimum Gasteiger partial charge on any atom is -0.490 e. The molecule has 0 amide bonds. The average Bonchev–Trinajstić information content (AvgIpc) is 3.43. The van der Waals surface area contributed by atoms with Crippen LogP contribution in [0.4, 0.5) is 5.69 Å². The maximum atomic E-state index is 13.7. The molecule has 0 N–H and O–H groups in total. The Bertz CT molecular complexity index is 2200. The molecule has 2 aromatic heterocycles. The van der Waals surface area contributed by atoms with Crippen molar-refractivity contribution < 1.29 is 18.8 Å². The lowest BCUT2D eigenvalue weighted by Gasteiger charge is -2.14. The van der Waals surface area contributed by atoms with Crippen LogP contribution in [0.15, 0.2) is 102 Å². The van der Waals surface area contributed by atoms with Crippen molar-refractivity contribution in [1.82, 2.24) is 9.66 Å². The molecule has 0 spiro atoms. The predicted molar refractivity (Wildman–Crippen MR) is 180 cm³/mol. The van der Waals surface area contributed by atoms with E-state index in [1.165, 1.54) is 12.3 Å². The molecule has 4 aromatic carbocycles. The third kappa shape index (κ3) is 6.35. The van der Waals surface area contributed by atoms with Crippen molar-refractivity contribution in [3.8, 4) is 23.1 Å². The Balaban J connectivity index is 1.44. The molecule has 0 bridgehead atoms. The molecule has 0 saturated carbocycles. The topological polar surface area (TPSA) is 122 Å². The fourth-order valence-electron chi connectivity index (χ4n) is 4.65. The number of nitro groups is 1. The third-order valence-corrected chi connectivity index (χ3v) is 8.18. The monoisotopic (exact) mass is 750 g/mol. The quantitative estimate of drug-likeness (QED) is 0.0823. The number of ether oxygens (including phenoxy) is 2. The first-order valence-electron chi connectivity index (χ1n) is 13.5. The Kier molecular flexibility index (Phi) is 8.70. The Morgan fingerprint density at radius 3 is 2.67 bits per heavy atom. The molecular weight excluding hydrogens is 732 g/mol. The van der Waals surface area contributed by atoms with E-state index in [2.05, 4.69) is 41.9 Å². The van der Waals surface area contributed by atoms with Crippen LogP contribution in [0.5, 0.6) is 11.5 Å². The standard InChI is InChI=1S/C32H21Br2ClN4O6/c1-2-43-28-12-18(11-26(39(41)42)30(28)44-17-19-7-8-21(33)15-24(19)34)16-36-38-31(37-25-6-4-3-5-23(25)32(38)40)29-14-20-13-22(35)9-10-27(20)45-29/h3-16H,2,17H2,1H3. The molecule has 45 heavy (non-hydrogen) atoms. The van der Waals surface area contributed by atoms with Gasteiger partial charge in [0.1, 0.15) is 12.2 Å². The van der Waals surface area contributed by atoms with Gasteiger partial charge in [-0.1, -0.05) is 61.7 Å². The van der Waals surface area contributed by atoms with Gasteiger partial charge in [-0.3, -0.25) is 14.9 Å². The van der Waals surface area contributed by atoms with E-state index in [9.17, 15) is 14.9 Å². The minimum absolute atomic E-state index is 0.0278. The van der Waals surface area contributed by atoms with Crippen LogP contribution in [0.1, 0.15) is 18.1 Å². The second-order valence-electron chi connectivity index (χ2n) is 9.69. The van der Waals surface area contributed by atoms with Crippen LogP contribution in [0.2, 0.25) is 5.02 Å². The van der Waals surface area contributed by atoms with Gasteiger partial charge in [-0.25, -0.2) is 4.98 Å². The van der Waals surface area contributed by atoms with E-state index in [1.54, 1.807) is 61.5 Å². The summed E-state index contributed by atoms with van der Waals surface area (Å²) in [6, 6.07) is 22.2. The lowest BCUT2D eigenvalue weighted by Crippen LogP contribution is -2.20. The van der Waals surface area contributed by atoms with E-state index in [0.29, 0.717) is 27.1 Å². The third-order valence-electron chi connectivity index (χ3n) is 6.72. The van der Waals surface area contributed by atoms with Crippen LogP contribution in [0.3, 0.4) is 0 Å². The van der Waals surface area contributed by atoms with Crippen molar-refractivity contribution in [3.05, 3.63) is 124 Å². The molecule has 0 saturated heterocycles. The van der Waals surface area contributed by atoms with Crippen LogP contribution in [0, 0.1) is 10.1 Å². The summed E-state index contributed by atoms with van der Waals surface area (Å²) in [4.78, 5) is 30.0. The number of para-hydroxylation sites is 1. The summed E-state index contributed by atoms with van der Waals surface area (Å²) in [5, 5.41) is 18.2. The van der Waals surface area contributed by atoms with Gasteiger partial charge in [-0.2, -0.15) is 9.78 Å². The number of hydrogen-bond acceptors (Lipinski definition) is 8. The maximum absolute atomic E-state index is 13.7. The van der Waals surface area contributed by atoms with Crippen LogP contribution in [0.25, 0.3) is 33.5 Å². The predicted octanol–water partition coefficient (Wildman–Crippen LogP) is 8.76. The van der Waals surface area contributed by atoms with Crippen LogP contribution in [-0.2, 0) is 6.61 Å². The van der Waals surface area contributed by atoms with Crippen LogP contribution >= 0.6 is 43.5 Å². The second-order valence-corrected chi connectivity index (χ2v) is 11.9. The highest BCUT2D eigenvalue weighted by Crippen LogP contribution is 2.39. The molecule has 0 radical (unpaired) electrons. The summed E-state index contributed by atoms with van der Waals surface area (Å²) in [5.74, 6) is 0.553.